The van der Waals surface area contributed by atoms with E-state index in [9.17, 15) is 10.1 Å². The van der Waals surface area contributed by atoms with E-state index in [0.717, 1.165) is 54.4 Å². The van der Waals surface area contributed by atoms with Crippen LogP contribution < -0.4 is 0 Å². The summed E-state index contributed by atoms with van der Waals surface area (Å²) in [5.74, 6) is 0. The second-order valence-electron chi connectivity index (χ2n) is 6.51. The molecule has 0 aliphatic heterocycles. The molecule has 0 aliphatic rings. The molecule has 25 heavy (non-hydrogen) atoms. The van der Waals surface area contributed by atoms with E-state index in [0.29, 0.717) is 0 Å². The summed E-state index contributed by atoms with van der Waals surface area (Å²) in [5.41, 5.74) is 3.55. The second-order valence-corrected chi connectivity index (χ2v) is 6.51. The van der Waals surface area contributed by atoms with Crippen molar-refractivity contribution in [3.05, 3.63) is 52.1 Å². The van der Waals surface area contributed by atoms with Crippen molar-refractivity contribution in [2.75, 3.05) is 19.6 Å². The highest BCUT2D eigenvalue weighted by Gasteiger charge is 2.15. The monoisotopic (exact) mass is 339 g/mol. The van der Waals surface area contributed by atoms with Crippen molar-refractivity contribution >= 4 is 27.5 Å². The summed E-state index contributed by atoms with van der Waals surface area (Å²) in [6.07, 6.45) is 1.06. The molecule has 1 heterocycles. The predicted octanol–water partition coefficient (Wildman–Crippen LogP) is 4.74. The van der Waals surface area contributed by atoms with Gasteiger partial charge in [-0.05, 0) is 51.2 Å². The molecule has 1 aromatic heterocycles. The summed E-state index contributed by atoms with van der Waals surface area (Å²) in [7, 11) is 0. The van der Waals surface area contributed by atoms with Crippen molar-refractivity contribution in [1.82, 2.24) is 9.47 Å². The number of hydrogen-bond donors (Lipinski definition) is 0. The molecule has 0 unspecified atom stereocenters. The van der Waals surface area contributed by atoms with Gasteiger partial charge in [-0.25, -0.2) is 0 Å². The second kappa shape index (κ2) is 7.23. The number of non-ortho nitro benzene ring substituents is 1. The van der Waals surface area contributed by atoms with Gasteiger partial charge >= 0.3 is 0 Å². The zero-order valence-corrected chi connectivity index (χ0v) is 15.2. The highest BCUT2D eigenvalue weighted by atomic mass is 16.6. The van der Waals surface area contributed by atoms with Gasteiger partial charge in [-0.2, -0.15) is 0 Å². The van der Waals surface area contributed by atoms with Crippen LogP contribution in [0, 0.1) is 17.0 Å². The standard InChI is InChI=1S/C20H25N3O2/c1-4-21(5-2)11-6-12-22-19-9-7-15(3)13-17(19)18-14-16(23(24)25)8-10-20(18)22/h7-10,13-14H,4-6,11-12H2,1-3H3. The van der Waals surface area contributed by atoms with Crippen molar-refractivity contribution in [3.8, 4) is 0 Å². The molecule has 0 N–H and O–H groups in total. The maximum absolute atomic E-state index is 11.2. The fourth-order valence-corrected chi connectivity index (χ4v) is 3.55. The molecule has 0 atom stereocenters. The third-order valence-electron chi connectivity index (χ3n) is 4.97. The van der Waals surface area contributed by atoms with Gasteiger partial charge in [-0.15, -0.1) is 0 Å². The quantitative estimate of drug-likeness (QED) is 0.461. The Hall–Kier alpha value is -2.40. The number of hydrogen-bond acceptors (Lipinski definition) is 3. The van der Waals surface area contributed by atoms with Crippen LogP contribution in [0.5, 0.6) is 0 Å². The number of fused-ring (bicyclic) bond motifs is 3. The van der Waals surface area contributed by atoms with Crippen molar-refractivity contribution in [2.24, 2.45) is 0 Å². The van der Waals surface area contributed by atoms with Gasteiger partial charge in [0.05, 0.1) is 4.92 Å². The molecule has 3 aromatic rings. The third kappa shape index (κ3) is 3.37. The van der Waals surface area contributed by atoms with E-state index in [1.165, 1.54) is 5.56 Å². The fourth-order valence-electron chi connectivity index (χ4n) is 3.55. The van der Waals surface area contributed by atoms with Crippen molar-refractivity contribution in [2.45, 2.75) is 33.7 Å². The Labute approximate surface area is 148 Å². The molecule has 0 bridgehead atoms. The summed E-state index contributed by atoms with van der Waals surface area (Å²) in [6, 6.07) is 11.6. The number of nitrogens with zero attached hydrogens (tertiary/aromatic N) is 3. The highest BCUT2D eigenvalue weighted by molar-refractivity contribution is 6.09. The number of nitro benzene ring substituents is 1. The summed E-state index contributed by atoms with van der Waals surface area (Å²) in [4.78, 5) is 13.3. The average molecular weight is 339 g/mol. The van der Waals surface area contributed by atoms with Gasteiger partial charge < -0.3 is 9.47 Å². The van der Waals surface area contributed by atoms with E-state index in [-0.39, 0.29) is 10.6 Å². The van der Waals surface area contributed by atoms with Gasteiger partial charge in [0.25, 0.3) is 5.69 Å². The van der Waals surface area contributed by atoms with Gasteiger partial charge in [-0.1, -0.05) is 25.5 Å². The molecule has 0 radical (unpaired) electrons. The van der Waals surface area contributed by atoms with Crippen molar-refractivity contribution in [3.63, 3.8) is 0 Å². The first-order valence-corrected chi connectivity index (χ1v) is 8.94. The largest absolute Gasteiger partial charge is 0.340 e. The molecular weight excluding hydrogens is 314 g/mol. The topological polar surface area (TPSA) is 51.3 Å². The molecule has 3 rings (SSSR count). The zero-order valence-electron chi connectivity index (χ0n) is 15.2. The van der Waals surface area contributed by atoms with Crippen LogP contribution in [0.25, 0.3) is 21.8 Å². The lowest BCUT2D eigenvalue weighted by Crippen LogP contribution is -2.24. The van der Waals surface area contributed by atoms with Gasteiger partial charge in [0.2, 0.25) is 0 Å². The van der Waals surface area contributed by atoms with Crippen LogP contribution in [0.1, 0.15) is 25.8 Å². The summed E-state index contributed by atoms with van der Waals surface area (Å²) >= 11 is 0. The molecule has 2 aromatic carbocycles. The third-order valence-corrected chi connectivity index (χ3v) is 4.97. The zero-order chi connectivity index (χ0) is 18.0. The first kappa shape index (κ1) is 17.4. The number of benzene rings is 2. The molecule has 0 fully saturated rings. The summed E-state index contributed by atoms with van der Waals surface area (Å²) in [6.45, 7) is 10.5. The molecule has 0 saturated carbocycles. The maximum Gasteiger partial charge on any atom is 0.270 e. The SMILES string of the molecule is CCN(CC)CCCn1c2ccc(C)cc2c2cc([N+](=O)[O-])ccc21. The predicted molar refractivity (Wildman–Crippen MR) is 103 cm³/mol. The lowest BCUT2D eigenvalue weighted by molar-refractivity contribution is -0.384. The van der Waals surface area contributed by atoms with Gasteiger partial charge in [0.1, 0.15) is 0 Å². The molecule has 0 aliphatic carbocycles. The fraction of sp³-hybridized carbons (Fsp3) is 0.400. The highest BCUT2D eigenvalue weighted by Crippen LogP contribution is 2.32. The minimum Gasteiger partial charge on any atom is -0.340 e. The number of aromatic nitrogens is 1. The van der Waals surface area contributed by atoms with Crippen LogP contribution in [-0.2, 0) is 6.54 Å². The Kier molecular flexibility index (Phi) is 5.04. The normalized spacial score (nSPS) is 11.7. The Morgan fingerprint density at radius 1 is 1.04 bits per heavy atom. The number of aryl methyl sites for hydroxylation is 2. The Bertz CT molecular complexity index is 910. The number of rotatable bonds is 7. The minimum atomic E-state index is -0.321. The van der Waals surface area contributed by atoms with Crippen LogP contribution in [0.4, 0.5) is 5.69 Å². The van der Waals surface area contributed by atoms with Crippen LogP contribution in [-0.4, -0.2) is 34.0 Å². The van der Waals surface area contributed by atoms with Gasteiger partial charge in [0.15, 0.2) is 0 Å². The van der Waals surface area contributed by atoms with Crippen LogP contribution in [0.3, 0.4) is 0 Å². The first-order valence-electron chi connectivity index (χ1n) is 8.94. The first-order chi connectivity index (χ1) is 12.0. The summed E-state index contributed by atoms with van der Waals surface area (Å²) in [5, 5.41) is 13.2. The molecular formula is C20H25N3O2. The molecule has 0 spiro atoms. The summed E-state index contributed by atoms with van der Waals surface area (Å²) < 4.78 is 2.30. The molecule has 5 heteroatoms. The molecule has 132 valence electrons. The van der Waals surface area contributed by atoms with Crippen LogP contribution in [0.2, 0.25) is 0 Å². The van der Waals surface area contributed by atoms with E-state index in [1.54, 1.807) is 12.1 Å². The maximum atomic E-state index is 11.2. The lowest BCUT2D eigenvalue weighted by Gasteiger charge is -2.18. The minimum absolute atomic E-state index is 0.149. The van der Waals surface area contributed by atoms with E-state index >= 15 is 0 Å². The Balaban J connectivity index is 2.05. The average Bonchev–Trinajstić information content (AvgIpc) is 2.91. The van der Waals surface area contributed by atoms with E-state index < -0.39 is 0 Å². The smallest absolute Gasteiger partial charge is 0.270 e. The van der Waals surface area contributed by atoms with Crippen molar-refractivity contribution in [1.29, 1.82) is 0 Å². The van der Waals surface area contributed by atoms with Gasteiger partial charge in [0, 0.05) is 40.5 Å². The Morgan fingerprint density at radius 2 is 1.68 bits per heavy atom. The molecule has 0 saturated heterocycles. The van der Waals surface area contributed by atoms with E-state index in [1.807, 2.05) is 6.07 Å². The molecule has 5 nitrogen and oxygen atoms in total. The number of nitro groups is 1. The van der Waals surface area contributed by atoms with Crippen molar-refractivity contribution < 1.29 is 4.92 Å². The van der Waals surface area contributed by atoms with Crippen LogP contribution in [0.15, 0.2) is 36.4 Å². The van der Waals surface area contributed by atoms with E-state index in [2.05, 4.69) is 48.4 Å². The van der Waals surface area contributed by atoms with Crippen LogP contribution >= 0.6 is 0 Å². The molecule has 0 amide bonds. The lowest BCUT2D eigenvalue weighted by atomic mass is 10.1. The van der Waals surface area contributed by atoms with E-state index in [4.69, 9.17) is 0 Å². The Morgan fingerprint density at radius 3 is 2.32 bits per heavy atom. The van der Waals surface area contributed by atoms with Gasteiger partial charge in [-0.3, -0.25) is 10.1 Å².